The topological polar surface area (TPSA) is 112 Å². The number of rotatable bonds is 5. The third-order valence-electron chi connectivity index (χ3n) is 3.78. The van der Waals surface area contributed by atoms with Gasteiger partial charge < -0.3 is 4.98 Å². The van der Waals surface area contributed by atoms with Gasteiger partial charge in [-0.25, -0.2) is 4.98 Å². The molecule has 0 atom stereocenters. The normalized spacial score (nSPS) is 11.0. The molecule has 0 aliphatic carbocycles. The Balaban J connectivity index is 1.39. The number of imidazole rings is 1. The molecule has 0 aliphatic heterocycles. The lowest BCUT2D eigenvalue weighted by Crippen LogP contribution is -2.13. The Morgan fingerprint density at radius 2 is 2.04 bits per heavy atom. The Labute approximate surface area is 152 Å². The summed E-state index contributed by atoms with van der Waals surface area (Å²) in [6.07, 6.45) is 0. The van der Waals surface area contributed by atoms with Gasteiger partial charge in [0, 0.05) is 11.3 Å². The number of benzene rings is 2. The molecular weight excluding hydrogens is 350 g/mol. The smallest absolute Gasteiger partial charge is 0.270 e. The number of carbonyl (C=O) groups excluding carboxylic acids is 1. The third kappa shape index (κ3) is 3.57. The molecule has 4 rings (SSSR count). The Kier molecular flexibility index (Phi) is 4.36. The summed E-state index contributed by atoms with van der Waals surface area (Å²) in [7, 11) is 0. The zero-order valence-electron chi connectivity index (χ0n) is 13.9. The van der Waals surface area contributed by atoms with Crippen LogP contribution in [0, 0.1) is 6.92 Å². The van der Waals surface area contributed by atoms with Crippen LogP contribution in [-0.4, -0.2) is 36.5 Å². The lowest BCUT2D eigenvalue weighted by molar-refractivity contribution is 0.102. The average Bonchev–Trinajstić information content (AvgIpc) is 3.29. The highest BCUT2D eigenvalue weighted by atomic mass is 32.2. The SMILES string of the molecule is Cc1ccc2nc(SCc3ccc(C(=O)Nc4nn[nH]n4)cc3)[nH]c2c1. The number of hydrogen-bond acceptors (Lipinski definition) is 6. The molecule has 0 unspecified atom stereocenters. The summed E-state index contributed by atoms with van der Waals surface area (Å²) in [6, 6.07) is 13.5. The van der Waals surface area contributed by atoms with E-state index >= 15 is 0 Å². The van der Waals surface area contributed by atoms with Crippen LogP contribution in [0.3, 0.4) is 0 Å². The van der Waals surface area contributed by atoms with Crippen molar-refractivity contribution in [3.8, 4) is 0 Å². The maximum absolute atomic E-state index is 12.1. The first-order valence-electron chi connectivity index (χ1n) is 7.90. The molecule has 9 heteroatoms. The highest BCUT2D eigenvalue weighted by Gasteiger charge is 2.09. The number of hydrogen-bond donors (Lipinski definition) is 3. The first kappa shape index (κ1) is 16.3. The first-order chi connectivity index (χ1) is 12.7. The standard InChI is InChI=1S/C17H15N7OS/c1-10-2-7-13-14(8-10)19-17(18-13)26-9-11-3-5-12(6-4-11)15(25)20-16-21-23-24-22-16/h2-8H,9H2,1H3,(H,18,19)(H2,20,21,22,23,24,25). The molecule has 3 N–H and O–H groups in total. The third-order valence-corrected chi connectivity index (χ3v) is 4.72. The van der Waals surface area contributed by atoms with Crippen LogP contribution < -0.4 is 5.32 Å². The quantitative estimate of drug-likeness (QED) is 0.469. The van der Waals surface area contributed by atoms with Gasteiger partial charge in [-0.1, -0.05) is 35.1 Å². The van der Waals surface area contributed by atoms with Gasteiger partial charge in [-0.05, 0) is 47.5 Å². The fraction of sp³-hybridized carbons (Fsp3) is 0.118. The second kappa shape index (κ2) is 6.96. The Morgan fingerprint density at radius 3 is 2.81 bits per heavy atom. The van der Waals surface area contributed by atoms with Crippen LogP contribution >= 0.6 is 11.8 Å². The van der Waals surface area contributed by atoms with Crippen LogP contribution in [0.5, 0.6) is 0 Å². The number of aromatic nitrogens is 6. The van der Waals surface area contributed by atoms with E-state index in [1.54, 1.807) is 23.9 Å². The largest absolute Gasteiger partial charge is 0.333 e. The summed E-state index contributed by atoms with van der Waals surface area (Å²) in [6.45, 7) is 2.06. The van der Waals surface area contributed by atoms with Gasteiger partial charge in [0.1, 0.15) is 0 Å². The number of carbonyl (C=O) groups is 1. The maximum Gasteiger partial charge on any atom is 0.270 e. The van der Waals surface area contributed by atoms with Crippen molar-refractivity contribution in [2.75, 3.05) is 5.32 Å². The van der Waals surface area contributed by atoms with Gasteiger partial charge in [0.15, 0.2) is 5.16 Å². The number of fused-ring (bicyclic) bond motifs is 1. The van der Waals surface area contributed by atoms with Gasteiger partial charge in [-0.15, -0.1) is 5.10 Å². The highest BCUT2D eigenvalue weighted by Crippen LogP contribution is 2.23. The van der Waals surface area contributed by atoms with Gasteiger partial charge >= 0.3 is 0 Å². The van der Waals surface area contributed by atoms with Crippen LogP contribution in [0.15, 0.2) is 47.6 Å². The van der Waals surface area contributed by atoms with E-state index in [-0.39, 0.29) is 11.9 Å². The molecule has 2 aromatic carbocycles. The van der Waals surface area contributed by atoms with Crippen molar-refractivity contribution in [3.05, 3.63) is 59.2 Å². The summed E-state index contributed by atoms with van der Waals surface area (Å²) in [5.74, 6) is 0.624. The molecule has 0 saturated heterocycles. The van der Waals surface area contributed by atoms with E-state index in [0.717, 1.165) is 27.5 Å². The lowest BCUT2D eigenvalue weighted by Gasteiger charge is -2.03. The van der Waals surface area contributed by atoms with Crippen LogP contribution in [-0.2, 0) is 5.75 Å². The van der Waals surface area contributed by atoms with E-state index in [1.165, 1.54) is 5.56 Å². The van der Waals surface area contributed by atoms with Crippen LogP contribution in [0.2, 0.25) is 0 Å². The average molecular weight is 365 g/mol. The predicted octanol–water partition coefficient (Wildman–Crippen LogP) is 2.93. The number of anilines is 1. The fourth-order valence-electron chi connectivity index (χ4n) is 2.46. The van der Waals surface area contributed by atoms with Crippen molar-refractivity contribution in [2.45, 2.75) is 17.8 Å². The van der Waals surface area contributed by atoms with E-state index in [9.17, 15) is 4.79 Å². The molecule has 0 aliphatic rings. The fourth-order valence-corrected chi connectivity index (χ4v) is 3.30. The van der Waals surface area contributed by atoms with E-state index in [2.05, 4.69) is 55.0 Å². The van der Waals surface area contributed by atoms with Crippen LogP contribution in [0.4, 0.5) is 5.95 Å². The van der Waals surface area contributed by atoms with Crippen molar-refractivity contribution >= 4 is 34.7 Å². The minimum absolute atomic E-state index is 0.148. The summed E-state index contributed by atoms with van der Waals surface area (Å²) in [4.78, 5) is 20.0. The Hall–Kier alpha value is -3.20. The number of nitrogens with one attached hydrogen (secondary N) is 3. The zero-order valence-corrected chi connectivity index (χ0v) is 14.7. The molecule has 0 bridgehead atoms. The van der Waals surface area contributed by atoms with E-state index in [4.69, 9.17) is 0 Å². The minimum atomic E-state index is -0.279. The molecule has 1 amide bonds. The number of aromatic amines is 2. The number of amides is 1. The van der Waals surface area contributed by atoms with Crippen LogP contribution in [0.1, 0.15) is 21.5 Å². The zero-order chi connectivity index (χ0) is 17.9. The van der Waals surface area contributed by atoms with Crippen LogP contribution in [0.25, 0.3) is 11.0 Å². The first-order valence-corrected chi connectivity index (χ1v) is 8.89. The number of nitrogens with zero attached hydrogens (tertiary/aromatic N) is 4. The van der Waals surface area contributed by atoms with Gasteiger partial charge in [0.25, 0.3) is 11.9 Å². The molecule has 26 heavy (non-hydrogen) atoms. The number of thioether (sulfide) groups is 1. The van der Waals surface area contributed by atoms with Crippen molar-refractivity contribution in [3.63, 3.8) is 0 Å². The summed E-state index contributed by atoms with van der Waals surface area (Å²) in [5.41, 5.74) is 4.84. The molecule has 0 saturated carbocycles. The molecular formula is C17H15N7OS. The monoisotopic (exact) mass is 365 g/mol. The van der Waals surface area contributed by atoms with Gasteiger partial charge in [0.2, 0.25) is 0 Å². The summed E-state index contributed by atoms with van der Waals surface area (Å²) < 4.78 is 0. The summed E-state index contributed by atoms with van der Waals surface area (Å²) in [5, 5.41) is 16.5. The lowest BCUT2D eigenvalue weighted by atomic mass is 10.1. The Bertz CT molecular complexity index is 1040. The van der Waals surface area contributed by atoms with Crippen molar-refractivity contribution in [2.24, 2.45) is 0 Å². The Morgan fingerprint density at radius 1 is 1.19 bits per heavy atom. The van der Waals surface area contributed by atoms with Crippen molar-refractivity contribution in [1.82, 2.24) is 30.6 Å². The van der Waals surface area contributed by atoms with Gasteiger partial charge in [0.05, 0.1) is 11.0 Å². The maximum atomic E-state index is 12.1. The molecule has 0 spiro atoms. The van der Waals surface area contributed by atoms with Crippen molar-refractivity contribution < 1.29 is 4.79 Å². The van der Waals surface area contributed by atoms with Gasteiger partial charge in [-0.2, -0.15) is 5.21 Å². The summed E-state index contributed by atoms with van der Waals surface area (Å²) >= 11 is 1.62. The number of H-pyrrole nitrogens is 2. The van der Waals surface area contributed by atoms with Gasteiger partial charge in [-0.3, -0.25) is 10.1 Å². The molecule has 2 aromatic heterocycles. The van der Waals surface area contributed by atoms with Crippen molar-refractivity contribution in [1.29, 1.82) is 0 Å². The molecule has 4 aromatic rings. The number of aryl methyl sites for hydroxylation is 1. The molecule has 2 heterocycles. The predicted molar refractivity (Wildman–Crippen MR) is 99.0 cm³/mol. The highest BCUT2D eigenvalue weighted by molar-refractivity contribution is 7.98. The molecule has 0 fully saturated rings. The minimum Gasteiger partial charge on any atom is -0.333 e. The second-order valence-corrected chi connectivity index (χ2v) is 6.70. The molecule has 8 nitrogen and oxygen atoms in total. The molecule has 130 valence electrons. The van der Waals surface area contributed by atoms with E-state index < -0.39 is 0 Å². The number of tetrazole rings is 1. The molecule has 0 radical (unpaired) electrons. The van der Waals surface area contributed by atoms with E-state index in [1.807, 2.05) is 18.2 Å². The second-order valence-electron chi connectivity index (χ2n) is 5.74. The van der Waals surface area contributed by atoms with E-state index in [0.29, 0.717) is 5.56 Å².